The predicted molar refractivity (Wildman–Crippen MR) is 93.4 cm³/mol. The summed E-state index contributed by atoms with van der Waals surface area (Å²) >= 11 is 1.37. The molecule has 1 amide bonds. The van der Waals surface area contributed by atoms with Crippen LogP contribution in [0, 0.1) is 0 Å². The van der Waals surface area contributed by atoms with Crippen molar-refractivity contribution in [2.45, 2.75) is 57.0 Å². The monoisotopic (exact) mass is 364 g/mol. The largest absolute Gasteiger partial charge is 0.341 e. The molecule has 25 heavy (non-hydrogen) atoms. The lowest BCUT2D eigenvalue weighted by Gasteiger charge is -2.30. The Hall–Kier alpha value is -1.90. The molecule has 136 valence electrons. The number of nitrogens with zero attached hydrogens (tertiary/aromatic N) is 5. The third-order valence-electron chi connectivity index (χ3n) is 4.27. The molecule has 0 aliphatic carbocycles. The van der Waals surface area contributed by atoms with E-state index in [2.05, 4.69) is 25.3 Å². The second-order valence-electron chi connectivity index (χ2n) is 6.53. The van der Waals surface area contributed by atoms with Crippen LogP contribution in [0.1, 0.15) is 63.0 Å². The average molecular weight is 364 g/mol. The maximum Gasteiger partial charge on any atom is 0.233 e. The van der Waals surface area contributed by atoms with Crippen LogP contribution < -0.4 is 0 Å². The lowest BCUT2D eigenvalue weighted by Crippen LogP contribution is -2.40. The third-order valence-corrected chi connectivity index (χ3v) is 5.10. The molecule has 0 radical (unpaired) electrons. The molecule has 0 saturated carbocycles. The first kappa shape index (κ1) is 17.9. The minimum absolute atomic E-state index is 0.0983. The van der Waals surface area contributed by atoms with Gasteiger partial charge in [0.05, 0.1) is 11.7 Å². The fraction of sp³-hybridized carbons (Fsp3) is 0.688. The van der Waals surface area contributed by atoms with Gasteiger partial charge in [0, 0.05) is 25.4 Å². The van der Waals surface area contributed by atoms with Crippen LogP contribution >= 0.6 is 11.8 Å². The summed E-state index contributed by atoms with van der Waals surface area (Å²) in [4.78, 5) is 23.2. The van der Waals surface area contributed by atoms with Gasteiger partial charge in [-0.3, -0.25) is 9.89 Å². The van der Waals surface area contributed by atoms with E-state index in [0.29, 0.717) is 23.3 Å². The quantitative estimate of drug-likeness (QED) is 0.785. The smallest absolute Gasteiger partial charge is 0.233 e. The van der Waals surface area contributed by atoms with E-state index in [1.807, 2.05) is 25.7 Å². The Kier molecular flexibility index (Phi) is 5.72. The molecule has 0 bridgehead atoms. The molecule has 1 atom stereocenters. The van der Waals surface area contributed by atoms with Crippen molar-refractivity contribution in [3.8, 4) is 0 Å². The van der Waals surface area contributed by atoms with E-state index >= 15 is 0 Å². The number of aromatic nitrogens is 5. The Morgan fingerprint density at radius 1 is 1.44 bits per heavy atom. The van der Waals surface area contributed by atoms with Gasteiger partial charge in [-0.15, -0.1) is 5.10 Å². The molecule has 9 heteroatoms. The van der Waals surface area contributed by atoms with E-state index in [4.69, 9.17) is 4.52 Å². The van der Waals surface area contributed by atoms with Gasteiger partial charge >= 0.3 is 0 Å². The maximum absolute atomic E-state index is 12.5. The van der Waals surface area contributed by atoms with E-state index in [-0.39, 0.29) is 17.7 Å². The van der Waals surface area contributed by atoms with Crippen molar-refractivity contribution in [3.63, 3.8) is 0 Å². The Bertz CT molecular complexity index is 713. The number of nitrogens with one attached hydrogen (secondary N) is 1. The first-order valence-electron chi connectivity index (χ1n) is 8.72. The molecule has 0 aromatic carbocycles. The predicted octanol–water partition coefficient (Wildman–Crippen LogP) is 2.37. The van der Waals surface area contributed by atoms with Crippen LogP contribution in [0.15, 0.2) is 9.68 Å². The number of piperidine rings is 1. The van der Waals surface area contributed by atoms with E-state index in [0.717, 1.165) is 37.5 Å². The summed E-state index contributed by atoms with van der Waals surface area (Å²) in [6, 6.07) is 0. The van der Waals surface area contributed by atoms with Gasteiger partial charge in [0.2, 0.25) is 17.0 Å². The molecule has 2 aromatic heterocycles. The maximum atomic E-state index is 12.5. The fourth-order valence-corrected chi connectivity index (χ4v) is 3.49. The number of thioether (sulfide) groups is 1. The van der Waals surface area contributed by atoms with Crippen molar-refractivity contribution in [2.75, 3.05) is 18.8 Å². The fourth-order valence-electron chi connectivity index (χ4n) is 2.77. The number of aromatic amines is 1. The third kappa shape index (κ3) is 4.39. The average Bonchev–Trinajstić information content (AvgIpc) is 3.29. The van der Waals surface area contributed by atoms with Crippen LogP contribution in [-0.4, -0.2) is 55.0 Å². The number of likely N-dealkylation sites (tertiary alicyclic amines) is 1. The molecule has 0 spiro atoms. The Morgan fingerprint density at radius 3 is 2.96 bits per heavy atom. The number of aryl methyl sites for hydroxylation is 1. The molecule has 1 aliphatic rings. The minimum Gasteiger partial charge on any atom is -0.341 e. The highest BCUT2D eigenvalue weighted by molar-refractivity contribution is 7.99. The molecule has 3 rings (SSSR count). The number of amides is 1. The summed E-state index contributed by atoms with van der Waals surface area (Å²) in [5, 5.41) is 11.6. The number of carbonyl (C=O) groups excluding carboxylic acids is 1. The van der Waals surface area contributed by atoms with E-state index < -0.39 is 0 Å². The molecule has 3 heterocycles. The Morgan fingerprint density at radius 2 is 2.28 bits per heavy atom. The molecule has 0 unspecified atom stereocenters. The standard InChI is InChI=1S/C16H24N6O2S/c1-4-12-17-16(20-19-12)25-9-13(23)22-7-5-6-11(8-22)15-18-14(10(2)3)21-24-15/h10-11H,4-9H2,1-3H3,(H,17,19,20)/t11-/m1/s1. The highest BCUT2D eigenvalue weighted by atomic mass is 32.2. The number of rotatable bonds is 6. The topological polar surface area (TPSA) is 101 Å². The molecule has 8 nitrogen and oxygen atoms in total. The molecule has 1 fully saturated rings. The van der Waals surface area contributed by atoms with Gasteiger partial charge in [-0.1, -0.05) is 37.7 Å². The summed E-state index contributed by atoms with van der Waals surface area (Å²) in [6.07, 6.45) is 2.72. The van der Waals surface area contributed by atoms with Crippen LogP contribution in [0.2, 0.25) is 0 Å². The van der Waals surface area contributed by atoms with Crippen LogP contribution in [0.5, 0.6) is 0 Å². The van der Waals surface area contributed by atoms with Gasteiger partial charge < -0.3 is 9.42 Å². The lowest BCUT2D eigenvalue weighted by atomic mass is 9.98. The van der Waals surface area contributed by atoms with Crippen LogP contribution in [0.25, 0.3) is 0 Å². The van der Waals surface area contributed by atoms with Crippen LogP contribution in [-0.2, 0) is 11.2 Å². The van der Waals surface area contributed by atoms with Gasteiger partial charge in [-0.05, 0) is 12.8 Å². The number of carbonyl (C=O) groups is 1. The van der Waals surface area contributed by atoms with Gasteiger partial charge in [0.15, 0.2) is 5.82 Å². The number of hydrogen-bond acceptors (Lipinski definition) is 7. The van der Waals surface area contributed by atoms with Crippen molar-refractivity contribution in [2.24, 2.45) is 0 Å². The lowest BCUT2D eigenvalue weighted by molar-refractivity contribution is -0.129. The second kappa shape index (κ2) is 7.99. The van der Waals surface area contributed by atoms with E-state index in [9.17, 15) is 4.79 Å². The van der Waals surface area contributed by atoms with Crippen molar-refractivity contribution in [3.05, 3.63) is 17.5 Å². The molecule has 2 aromatic rings. The molecular formula is C16H24N6O2S. The zero-order valence-electron chi connectivity index (χ0n) is 14.9. The first-order chi connectivity index (χ1) is 12.1. The first-order valence-corrected chi connectivity index (χ1v) is 9.70. The van der Waals surface area contributed by atoms with Gasteiger partial charge in [-0.25, -0.2) is 4.98 Å². The van der Waals surface area contributed by atoms with Gasteiger partial charge in [-0.2, -0.15) is 4.98 Å². The van der Waals surface area contributed by atoms with Crippen molar-refractivity contribution in [1.82, 2.24) is 30.2 Å². The highest BCUT2D eigenvalue weighted by Gasteiger charge is 2.29. The molecule has 1 saturated heterocycles. The number of hydrogen-bond donors (Lipinski definition) is 1. The van der Waals surface area contributed by atoms with Crippen LogP contribution in [0.3, 0.4) is 0 Å². The Balaban J connectivity index is 1.55. The molecule has 1 N–H and O–H groups in total. The van der Waals surface area contributed by atoms with E-state index in [1.165, 1.54) is 11.8 Å². The summed E-state index contributed by atoms with van der Waals surface area (Å²) in [7, 11) is 0. The zero-order chi connectivity index (χ0) is 17.8. The summed E-state index contributed by atoms with van der Waals surface area (Å²) < 4.78 is 5.41. The number of H-pyrrole nitrogens is 1. The van der Waals surface area contributed by atoms with Gasteiger partial charge in [0.25, 0.3) is 0 Å². The van der Waals surface area contributed by atoms with Crippen molar-refractivity contribution < 1.29 is 9.32 Å². The molecular weight excluding hydrogens is 340 g/mol. The molecule has 1 aliphatic heterocycles. The van der Waals surface area contributed by atoms with Crippen LogP contribution in [0.4, 0.5) is 0 Å². The van der Waals surface area contributed by atoms with Crippen molar-refractivity contribution in [1.29, 1.82) is 0 Å². The minimum atomic E-state index is 0.0983. The van der Waals surface area contributed by atoms with Crippen molar-refractivity contribution >= 4 is 17.7 Å². The SMILES string of the molecule is CCc1nc(SCC(=O)N2CCC[C@@H](c3nc(C(C)C)no3)C2)n[nH]1. The summed E-state index contributed by atoms with van der Waals surface area (Å²) in [5.41, 5.74) is 0. The van der Waals surface area contributed by atoms with E-state index in [1.54, 1.807) is 0 Å². The Labute approximate surface area is 151 Å². The normalized spacial score (nSPS) is 18.1. The summed E-state index contributed by atoms with van der Waals surface area (Å²) in [5.74, 6) is 3.02. The zero-order valence-corrected chi connectivity index (χ0v) is 15.7. The highest BCUT2D eigenvalue weighted by Crippen LogP contribution is 2.27. The summed E-state index contributed by atoms with van der Waals surface area (Å²) in [6.45, 7) is 7.49. The van der Waals surface area contributed by atoms with Gasteiger partial charge in [0.1, 0.15) is 5.82 Å². The second-order valence-corrected chi connectivity index (χ2v) is 7.47.